The van der Waals surface area contributed by atoms with Crippen molar-refractivity contribution in [3.8, 4) is 34.3 Å². The second kappa shape index (κ2) is 26.7. The van der Waals surface area contributed by atoms with Crippen molar-refractivity contribution in [2.24, 2.45) is 32.8 Å². The van der Waals surface area contributed by atoms with Crippen LogP contribution in [0, 0.1) is 23.2 Å². The highest BCUT2D eigenvalue weighted by atomic mass is 35.5. The van der Waals surface area contributed by atoms with E-state index in [2.05, 4.69) is 54.5 Å². The Hall–Kier alpha value is -10.4. The Labute approximate surface area is 576 Å². The minimum atomic E-state index is -4.80. The van der Waals surface area contributed by atoms with Gasteiger partial charge in [0.05, 0.1) is 51.6 Å². The number of nitrogens with zero attached hydrogens (tertiary/aromatic N) is 14. The summed E-state index contributed by atoms with van der Waals surface area (Å²) in [6.07, 6.45) is 7.65. The summed E-state index contributed by atoms with van der Waals surface area (Å²) >= 11 is 13.7. The highest BCUT2D eigenvalue weighted by Gasteiger charge is 2.65. The Morgan fingerprint density at radius 3 is 1.94 bits per heavy atom. The predicted molar refractivity (Wildman–Crippen MR) is 351 cm³/mol. The monoisotopic (exact) mass is 1420 g/mol. The first-order valence-corrected chi connectivity index (χ1v) is 32.2. The molecule has 12 rings (SSSR count). The number of alkyl halides is 7. The first-order chi connectivity index (χ1) is 47.4. The van der Waals surface area contributed by atoms with E-state index in [0.717, 1.165) is 43.0 Å². The molecule has 3 saturated carbocycles. The summed E-state index contributed by atoms with van der Waals surface area (Å²) in [6, 6.07) is 14.6. The number of aromatic nitrogens is 10. The largest absolute Gasteiger partial charge is 0.447 e. The molecule has 0 bridgehead atoms. The molecule has 2 aliphatic heterocycles. The van der Waals surface area contributed by atoms with E-state index in [-0.39, 0.29) is 70.0 Å². The smallest absolute Gasteiger partial charge is 0.411 e. The number of carbonyl (C=O) groups excluding carboxylic acids is 4. The van der Waals surface area contributed by atoms with Gasteiger partial charge < -0.3 is 31.6 Å². The maximum atomic E-state index is 16.0. The van der Waals surface area contributed by atoms with Crippen LogP contribution in [0.3, 0.4) is 0 Å². The molecule has 0 unspecified atom stereocenters. The molecule has 0 saturated heterocycles. The van der Waals surface area contributed by atoms with Gasteiger partial charge in [0, 0.05) is 46.7 Å². The SMILES string of the molecule is C=C(/C=C\C(=C/C)c1cnn(C(F)F)c1)[C@@]1(CC(C)(C)Cc2ccn(-c3cc([C@@H](COC(=O)NC4(C(F)(F)F)CC4)N4C(=O)[C@@](C#CC5CC5)(c5ccc(-c6cnn(C(F)F)c6)cc5)N=C4N)ccc3Cl)n2)N=C(N)N([C@H](COC(=O)NC2(C)CC2)c2ccc(Cl)c(-n3cnnn3)c2)C1=O. The molecule has 0 radical (unpaired) electrons. The number of rotatable bonds is 24. The number of benzene rings is 3. The van der Waals surface area contributed by atoms with Gasteiger partial charge in [-0.2, -0.15) is 50.7 Å². The van der Waals surface area contributed by atoms with Crippen molar-refractivity contribution < 1.29 is 59.4 Å². The van der Waals surface area contributed by atoms with Gasteiger partial charge in [0.25, 0.3) is 11.8 Å². The molecule has 100 heavy (non-hydrogen) atoms. The number of allylic oxidation sites excluding steroid dienone is 3. The molecular formula is C67H65Cl2F7N18O6. The van der Waals surface area contributed by atoms with E-state index in [4.69, 9.17) is 54.2 Å². The molecule has 3 aliphatic carbocycles. The fourth-order valence-corrected chi connectivity index (χ4v) is 12.5. The van der Waals surface area contributed by atoms with Gasteiger partial charge in [0.1, 0.15) is 25.1 Å². The van der Waals surface area contributed by atoms with Crippen LogP contribution in [0.1, 0.15) is 126 Å². The summed E-state index contributed by atoms with van der Waals surface area (Å²) in [5, 5.41) is 29.0. The summed E-state index contributed by atoms with van der Waals surface area (Å²) in [4.78, 5) is 70.2. The topological polar surface area (TPSA) is 291 Å². The summed E-state index contributed by atoms with van der Waals surface area (Å²) in [5.41, 5.74) is 9.16. The lowest BCUT2D eigenvalue weighted by atomic mass is 9.72. The van der Waals surface area contributed by atoms with Gasteiger partial charge in [-0.05, 0) is 139 Å². The van der Waals surface area contributed by atoms with E-state index >= 15 is 9.59 Å². The van der Waals surface area contributed by atoms with Crippen LogP contribution in [0.15, 0.2) is 144 Å². The van der Waals surface area contributed by atoms with Crippen molar-refractivity contribution in [3.05, 3.63) is 172 Å². The van der Waals surface area contributed by atoms with Gasteiger partial charge in [-0.25, -0.2) is 33.6 Å². The van der Waals surface area contributed by atoms with Crippen molar-refractivity contribution in [2.75, 3.05) is 13.2 Å². The number of nitrogens with one attached hydrogen (secondary N) is 2. The van der Waals surface area contributed by atoms with Crippen molar-refractivity contribution in [2.45, 2.75) is 133 Å². The Bertz CT molecular complexity index is 4540. The van der Waals surface area contributed by atoms with Crippen molar-refractivity contribution >= 4 is 64.7 Å². The number of amides is 4. The average molecular weight is 1420 g/mol. The van der Waals surface area contributed by atoms with Gasteiger partial charge in [-0.1, -0.05) is 110 Å². The van der Waals surface area contributed by atoms with E-state index in [1.807, 2.05) is 26.1 Å². The molecule has 4 aromatic heterocycles. The highest BCUT2D eigenvalue weighted by molar-refractivity contribution is 6.32. The molecule has 0 spiro atoms. The lowest BCUT2D eigenvalue weighted by Crippen LogP contribution is -2.49. The molecule has 3 aromatic carbocycles. The number of guanidine groups is 2. The third-order valence-electron chi connectivity index (χ3n) is 18.1. The molecule has 6 heterocycles. The lowest BCUT2D eigenvalue weighted by molar-refractivity contribution is -0.164. The molecule has 7 aromatic rings. The average Bonchev–Trinajstić information content (AvgIpc) is 1.51. The number of hydrogen-bond donors (Lipinski definition) is 4. The number of tetrazole rings is 1. The van der Waals surface area contributed by atoms with Crippen LogP contribution in [0.4, 0.5) is 40.3 Å². The second-order valence-corrected chi connectivity index (χ2v) is 26.9. The Balaban J connectivity index is 0.867. The van der Waals surface area contributed by atoms with Gasteiger partial charge >= 0.3 is 31.5 Å². The number of ether oxygens (including phenoxy) is 2. The fraction of sp³-hybridized carbons (Fsp3) is 0.373. The molecule has 3 fully saturated rings. The molecule has 5 aliphatic rings. The Morgan fingerprint density at radius 1 is 0.780 bits per heavy atom. The maximum absolute atomic E-state index is 16.0. The zero-order valence-electron chi connectivity index (χ0n) is 54.0. The van der Waals surface area contributed by atoms with Gasteiger partial charge in [0.2, 0.25) is 11.5 Å². The number of alkyl carbamates (subject to hydrolysis) is 2. The minimum Gasteiger partial charge on any atom is -0.447 e. The molecule has 4 amide bonds. The van der Waals surface area contributed by atoms with Crippen LogP contribution < -0.4 is 22.1 Å². The van der Waals surface area contributed by atoms with Crippen LogP contribution in [0.25, 0.3) is 28.1 Å². The summed E-state index contributed by atoms with van der Waals surface area (Å²) in [7, 11) is 0. The van der Waals surface area contributed by atoms with E-state index in [1.54, 1.807) is 61.7 Å². The summed E-state index contributed by atoms with van der Waals surface area (Å²) in [6.45, 7) is 4.61. The highest BCUT2D eigenvalue weighted by Crippen LogP contribution is 2.50. The molecule has 522 valence electrons. The third-order valence-corrected chi connectivity index (χ3v) is 18.7. The number of halogens is 9. The number of hydrogen-bond acceptors (Lipinski definition) is 16. The quantitative estimate of drug-likeness (QED) is 0.0249. The first-order valence-electron chi connectivity index (χ1n) is 31.5. The normalized spacial score (nSPS) is 20.1. The lowest BCUT2D eigenvalue weighted by Gasteiger charge is -2.36. The Morgan fingerprint density at radius 2 is 1.38 bits per heavy atom. The summed E-state index contributed by atoms with van der Waals surface area (Å²) in [5.74, 6) is 3.91. The molecule has 33 heteroatoms. The zero-order valence-corrected chi connectivity index (χ0v) is 55.5. The van der Waals surface area contributed by atoms with Crippen LogP contribution in [-0.2, 0) is 31.0 Å². The van der Waals surface area contributed by atoms with Crippen LogP contribution in [0.2, 0.25) is 10.0 Å². The van der Waals surface area contributed by atoms with E-state index < -0.39 is 102 Å². The van der Waals surface area contributed by atoms with E-state index in [9.17, 15) is 40.3 Å². The van der Waals surface area contributed by atoms with Crippen molar-refractivity contribution in [3.63, 3.8) is 0 Å². The van der Waals surface area contributed by atoms with Gasteiger partial charge in [-0.15, -0.1) is 5.10 Å². The number of carbonyl (C=O) groups is 4. The number of aliphatic imine (C=N–C) groups is 2. The zero-order chi connectivity index (χ0) is 71.4. The van der Waals surface area contributed by atoms with Gasteiger partial charge in [0.15, 0.2) is 11.5 Å². The van der Waals surface area contributed by atoms with Crippen molar-refractivity contribution in [1.29, 1.82) is 0 Å². The molecule has 6 N–H and O–H groups in total. The molecular weight excluding hydrogens is 1360 g/mol. The van der Waals surface area contributed by atoms with Crippen LogP contribution in [0.5, 0.6) is 0 Å². The van der Waals surface area contributed by atoms with E-state index in [1.165, 1.54) is 69.4 Å². The summed E-state index contributed by atoms with van der Waals surface area (Å²) < 4.78 is 112. The first kappa shape index (κ1) is 69.5. The standard InChI is InChI=1S/C67H65Cl2F7N18O6/c1-6-40(44-30-80-90(32-44)56(70)71)10-7-38(2)66(55(96)94(59(78)83-66)53(34-99-60(97)84-63(5)22-23-63)43-14-18-49(69)51(28-43)92-37-79-87-88-92)36-62(3,4)29-47-20-26-89(86-47)50-27-42(13-17-48(50)68)52(35-100-61(98)85-64(24-25-64)67(74,75)76)93-54(95)65(82-58(93)77,21-19-39-8-9-39)46-15-11-41(12-16-46)45-31-81-91(33-45)57(72)73/h6-7,10-18,20,26-28,30-33,37,39,52-53,56-57H,2,8-9,22-25,29,34-36H2,1,3-5H3,(H2,77,82)(H2,78,83)(H,84,97)(H,85,98)/b10-7-,40-6+/t52-,53-,65-,66-/m1/s1. The van der Waals surface area contributed by atoms with E-state index in [0.29, 0.717) is 48.6 Å². The maximum Gasteiger partial charge on any atom is 0.411 e. The van der Waals surface area contributed by atoms with Crippen molar-refractivity contribution in [1.82, 2.24) is 70.0 Å². The second-order valence-electron chi connectivity index (χ2n) is 26.1. The number of nitrogens with two attached hydrogens (primary N) is 2. The van der Waals surface area contributed by atoms with Crippen LogP contribution in [-0.4, -0.2) is 131 Å². The predicted octanol–water partition coefficient (Wildman–Crippen LogP) is 11.4. The third kappa shape index (κ3) is 14.2. The van der Waals surface area contributed by atoms with Crippen LogP contribution >= 0.6 is 23.2 Å². The Kier molecular flexibility index (Phi) is 18.6. The minimum absolute atomic E-state index is 0.0734. The van der Waals surface area contributed by atoms with Gasteiger partial charge in [-0.3, -0.25) is 19.4 Å². The molecule has 24 nitrogen and oxygen atoms in total. The molecule has 4 atom stereocenters. The fourth-order valence-electron chi connectivity index (χ4n) is 12.1.